The number of methoxy groups -OCH3 is 1. The van der Waals surface area contributed by atoms with Gasteiger partial charge in [0, 0.05) is 7.11 Å². The Labute approximate surface area is 91.5 Å². The van der Waals surface area contributed by atoms with Crippen LogP contribution >= 0.6 is 0 Å². The SMILES string of the molecule is [C-]#[N+]c1ccc(C(C)(OC)C(F)(F)F)cc1. The first-order valence-electron chi connectivity index (χ1n) is 4.45. The van der Waals surface area contributed by atoms with Crippen LogP contribution in [0.25, 0.3) is 4.85 Å². The Kier molecular flexibility index (Phi) is 3.24. The predicted molar refractivity (Wildman–Crippen MR) is 53.1 cm³/mol. The molecule has 0 fully saturated rings. The lowest BCUT2D eigenvalue weighted by Gasteiger charge is -2.31. The molecule has 86 valence electrons. The van der Waals surface area contributed by atoms with Gasteiger partial charge in [0.15, 0.2) is 11.3 Å². The quantitative estimate of drug-likeness (QED) is 0.705. The highest BCUT2D eigenvalue weighted by molar-refractivity contribution is 5.46. The zero-order chi connectivity index (χ0) is 12.4. The van der Waals surface area contributed by atoms with Gasteiger partial charge in [-0.1, -0.05) is 24.3 Å². The Bertz CT molecular complexity index is 405. The van der Waals surface area contributed by atoms with Gasteiger partial charge in [0.25, 0.3) is 0 Å². The van der Waals surface area contributed by atoms with Crippen molar-refractivity contribution in [2.24, 2.45) is 0 Å². The molecule has 16 heavy (non-hydrogen) atoms. The molecule has 0 bridgehead atoms. The third kappa shape index (κ3) is 2.02. The largest absolute Gasteiger partial charge is 0.421 e. The van der Waals surface area contributed by atoms with Crippen molar-refractivity contribution in [2.75, 3.05) is 7.11 Å². The molecule has 0 heterocycles. The summed E-state index contributed by atoms with van der Waals surface area (Å²) in [6.07, 6.45) is -4.50. The van der Waals surface area contributed by atoms with Crippen molar-refractivity contribution in [1.82, 2.24) is 0 Å². The second-order valence-corrected chi connectivity index (χ2v) is 3.39. The number of benzene rings is 1. The molecular formula is C11H10F3NO. The van der Waals surface area contributed by atoms with Crippen LogP contribution in [0.2, 0.25) is 0 Å². The molecule has 0 N–H and O–H groups in total. The number of nitrogens with zero attached hydrogens (tertiary/aromatic N) is 1. The van der Waals surface area contributed by atoms with Crippen LogP contribution in [-0.4, -0.2) is 13.3 Å². The Morgan fingerprint density at radius 2 is 1.69 bits per heavy atom. The average molecular weight is 229 g/mol. The van der Waals surface area contributed by atoms with Gasteiger partial charge in [-0.25, -0.2) is 4.85 Å². The predicted octanol–water partition coefficient (Wildman–Crippen LogP) is 3.66. The molecule has 0 spiro atoms. The van der Waals surface area contributed by atoms with Gasteiger partial charge in [-0.2, -0.15) is 13.2 Å². The Morgan fingerprint density at radius 3 is 2.00 bits per heavy atom. The molecule has 1 unspecified atom stereocenters. The standard InChI is InChI=1S/C11H10F3NO/c1-10(16-3,11(12,13)14)8-4-6-9(15-2)7-5-8/h4-7H,1,3H3. The minimum atomic E-state index is -4.50. The van der Waals surface area contributed by atoms with E-state index in [9.17, 15) is 13.2 Å². The topological polar surface area (TPSA) is 13.6 Å². The van der Waals surface area contributed by atoms with E-state index >= 15 is 0 Å². The summed E-state index contributed by atoms with van der Waals surface area (Å²) in [7, 11) is 1.01. The third-order valence-electron chi connectivity index (χ3n) is 2.50. The van der Waals surface area contributed by atoms with Crippen LogP contribution in [0, 0.1) is 6.57 Å². The van der Waals surface area contributed by atoms with Gasteiger partial charge in [0.1, 0.15) is 0 Å². The molecule has 0 aromatic heterocycles. The fourth-order valence-corrected chi connectivity index (χ4v) is 1.25. The van der Waals surface area contributed by atoms with E-state index in [0.717, 1.165) is 14.0 Å². The molecule has 1 aromatic rings. The zero-order valence-electron chi connectivity index (χ0n) is 8.80. The minimum Gasteiger partial charge on any atom is -0.364 e. The third-order valence-corrected chi connectivity index (χ3v) is 2.50. The Morgan fingerprint density at radius 1 is 1.19 bits per heavy atom. The smallest absolute Gasteiger partial charge is 0.364 e. The first-order chi connectivity index (χ1) is 7.35. The van der Waals surface area contributed by atoms with Crippen LogP contribution in [0.5, 0.6) is 0 Å². The van der Waals surface area contributed by atoms with Crippen molar-refractivity contribution in [1.29, 1.82) is 0 Å². The van der Waals surface area contributed by atoms with Crippen LogP contribution in [0.15, 0.2) is 24.3 Å². The van der Waals surface area contributed by atoms with E-state index in [4.69, 9.17) is 6.57 Å². The van der Waals surface area contributed by atoms with E-state index in [2.05, 4.69) is 9.58 Å². The number of hydrogen-bond acceptors (Lipinski definition) is 1. The lowest BCUT2D eigenvalue weighted by atomic mass is 9.95. The molecule has 0 aliphatic carbocycles. The Balaban J connectivity index is 3.20. The number of alkyl halides is 3. The first kappa shape index (κ1) is 12.5. The van der Waals surface area contributed by atoms with Gasteiger partial charge in [-0.15, -0.1) is 0 Å². The number of rotatable bonds is 2. The van der Waals surface area contributed by atoms with Gasteiger partial charge < -0.3 is 4.74 Å². The van der Waals surface area contributed by atoms with E-state index in [1.165, 1.54) is 24.3 Å². The van der Waals surface area contributed by atoms with E-state index in [1.54, 1.807) is 0 Å². The summed E-state index contributed by atoms with van der Waals surface area (Å²) in [6.45, 7) is 7.67. The van der Waals surface area contributed by atoms with Crippen LogP contribution in [0.1, 0.15) is 12.5 Å². The minimum absolute atomic E-state index is 0.0186. The molecule has 0 radical (unpaired) electrons. The maximum atomic E-state index is 12.8. The lowest BCUT2D eigenvalue weighted by Crippen LogP contribution is -2.41. The summed E-state index contributed by atoms with van der Waals surface area (Å²) in [5, 5.41) is 0. The van der Waals surface area contributed by atoms with E-state index in [1.807, 2.05) is 0 Å². The molecule has 0 aliphatic heterocycles. The van der Waals surface area contributed by atoms with E-state index in [-0.39, 0.29) is 5.56 Å². The first-order valence-corrected chi connectivity index (χ1v) is 4.45. The normalized spacial score (nSPS) is 15.2. The van der Waals surface area contributed by atoms with Gasteiger partial charge >= 0.3 is 6.18 Å². The van der Waals surface area contributed by atoms with Gasteiger partial charge in [0.05, 0.1) is 6.57 Å². The average Bonchev–Trinajstić information content (AvgIpc) is 2.26. The van der Waals surface area contributed by atoms with Crippen molar-refractivity contribution < 1.29 is 17.9 Å². The molecule has 5 heteroatoms. The van der Waals surface area contributed by atoms with Crippen LogP contribution < -0.4 is 0 Å². The fraction of sp³-hybridized carbons (Fsp3) is 0.364. The molecule has 0 amide bonds. The molecule has 1 rings (SSSR count). The van der Waals surface area contributed by atoms with Crippen molar-refractivity contribution in [3.63, 3.8) is 0 Å². The summed E-state index contributed by atoms with van der Waals surface area (Å²) in [5.41, 5.74) is -2.06. The van der Waals surface area contributed by atoms with Gasteiger partial charge in [0.2, 0.25) is 0 Å². The molecule has 0 saturated carbocycles. The Hall–Kier alpha value is -1.54. The molecular weight excluding hydrogens is 219 g/mol. The lowest BCUT2D eigenvalue weighted by molar-refractivity contribution is -0.269. The van der Waals surface area contributed by atoms with E-state index < -0.39 is 11.8 Å². The number of hydrogen-bond donors (Lipinski definition) is 0. The van der Waals surface area contributed by atoms with Crippen molar-refractivity contribution in [3.05, 3.63) is 41.2 Å². The van der Waals surface area contributed by atoms with Crippen LogP contribution in [-0.2, 0) is 10.3 Å². The summed E-state index contributed by atoms with van der Waals surface area (Å²) >= 11 is 0. The summed E-state index contributed by atoms with van der Waals surface area (Å²) in [4.78, 5) is 3.11. The molecule has 0 saturated heterocycles. The molecule has 1 aromatic carbocycles. The van der Waals surface area contributed by atoms with Gasteiger partial charge in [-0.05, 0) is 12.5 Å². The van der Waals surface area contributed by atoms with Crippen LogP contribution in [0.3, 0.4) is 0 Å². The van der Waals surface area contributed by atoms with Gasteiger partial charge in [-0.3, -0.25) is 0 Å². The number of halogens is 3. The monoisotopic (exact) mass is 229 g/mol. The zero-order valence-corrected chi connectivity index (χ0v) is 8.80. The summed E-state index contributed by atoms with van der Waals surface area (Å²) in [6, 6.07) is 5.19. The molecule has 0 aliphatic rings. The maximum absolute atomic E-state index is 12.8. The van der Waals surface area contributed by atoms with E-state index in [0.29, 0.717) is 5.69 Å². The van der Waals surface area contributed by atoms with Crippen molar-refractivity contribution in [3.8, 4) is 0 Å². The molecule has 2 nitrogen and oxygen atoms in total. The molecule has 1 atom stereocenters. The van der Waals surface area contributed by atoms with Crippen molar-refractivity contribution >= 4 is 5.69 Å². The fourth-order valence-electron chi connectivity index (χ4n) is 1.25. The summed E-state index contributed by atoms with van der Waals surface area (Å²) in [5.74, 6) is 0. The highest BCUT2D eigenvalue weighted by atomic mass is 19.4. The maximum Gasteiger partial charge on any atom is 0.421 e. The number of ether oxygens (including phenoxy) is 1. The van der Waals surface area contributed by atoms with Crippen molar-refractivity contribution in [2.45, 2.75) is 18.7 Å². The highest BCUT2D eigenvalue weighted by Crippen LogP contribution is 2.41. The second kappa shape index (κ2) is 4.14. The highest BCUT2D eigenvalue weighted by Gasteiger charge is 2.52. The van der Waals surface area contributed by atoms with Crippen LogP contribution in [0.4, 0.5) is 18.9 Å². The summed E-state index contributed by atoms with van der Waals surface area (Å²) < 4.78 is 42.9. The second-order valence-electron chi connectivity index (χ2n) is 3.39.